The molecule has 5 fully saturated rings. The molecule has 9 N–H and O–H groups in total. The highest BCUT2D eigenvalue weighted by Crippen LogP contribution is 2.32. The van der Waals surface area contributed by atoms with E-state index < -0.39 is 42.0 Å². The highest BCUT2D eigenvalue weighted by Gasteiger charge is 2.44. The van der Waals surface area contributed by atoms with Crippen LogP contribution in [0.15, 0.2) is 0 Å². The minimum absolute atomic E-state index is 0.000943. The van der Waals surface area contributed by atoms with Crippen molar-refractivity contribution in [3.8, 4) is 12.3 Å². The van der Waals surface area contributed by atoms with Crippen LogP contribution >= 0.6 is 23.5 Å². The number of hydroxylamine groups is 2. The summed E-state index contributed by atoms with van der Waals surface area (Å²) in [6.07, 6.45) is 5.30. The molecule has 0 spiro atoms. The number of rotatable bonds is 14. The van der Waals surface area contributed by atoms with Crippen LogP contribution in [0.25, 0.3) is 0 Å². The van der Waals surface area contributed by atoms with Gasteiger partial charge in [0.15, 0.2) is 0 Å². The second-order valence-electron chi connectivity index (χ2n) is 11.8. The monoisotopic (exact) mass is 766 g/mol. The van der Waals surface area contributed by atoms with Crippen molar-refractivity contribution in [1.29, 1.82) is 0 Å². The zero-order valence-corrected chi connectivity index (χ0v) is 29.2. The van der Waals surface area contributed by atoms with Crippen LogP contribution < -0.4 is 47.9 Å². The first-order valence-corrected chi connectivity index (χ1v) is 18.1. The highest BCUT2D eigenvalue weighted by molar-refractivity contribution is 8.00. The number of imide groups is 1. The van der Waals surface area contributed by atoms with Crippen molar-refractivity contribution in [2.45, 2.75) is 60.4 Å². The maximum atomic E-state index is 12.0. The molecule has 5 saturated heterocycles. The van der Waals surface area contributed by atoms with Gasteiger partial charge in [-0.05, 0) is 0 Å². The van der Waals surface area contributed by atoms with E-state index >= 15 is 0 Å². The summed E-state index contributed by atoms with van der Waals surface area (Å²) in [5.41, 5.74) is 0. The molecule has 5 heterocycles. The molecule has 5 aliphatic heterocycles. The number of fused-ring (bicyclic) bond motifs is 2. The maximum absolute atomic E-state index is 12.0. The molecule has 0 aromatic rings. The Morgan fingerprint density at radius 2 is 1.08 bits per heavy atom. The van der Waals surface area contributed by atoms with Gasteiger partial charge in [0.25, 0.3) is 11.8 Å². The quantitative estimate of drug-likeness (QED) is 0.0455. The Bertz CT molecular complexity index is 1510. The predicted molar refractivity (Wildman–Crippen MR) is 181 cm³/mol. The van der Waals surface area contributed by atoms with Crippen molar-refractivity contribution in [2.24, 2.45) is 0 Å². The molecule has 0 bridgehead atoms. The van der Waals surface area contributed by atoms with Crippen LogP contribution in [0.1, 0.15) is 25.7 Å². The molecule has 52 heavy (non-hydrogen) atoms. The average Bonchev–Trinajstić information content (AvgIpc) is 3.92. The summed E-state index contributed by atoms with van der Waals surface area (Å²) in [5, 5.41) is 23.4. The van der Waals surface area contributed by atoms with Crippen molar-refractivity contribution in [1.82, 2.24) is 52.9 Å². The van der Waals surface area contributed by atoms with Crippen molar-refractivity contribution in [3.05, 3.63) is 0 Å². The summed E-state index contributed by atoms with van der Waals surface area (Å²) in [5.74, 6) is -0.604. The Labute approximate surface area is 305 Å². The molecule has 21 nitrogen and oxygen atoms in total. The number of carbonyl (C=O) groups excluding carboxylic acids is 10. The second kappa shape index (κ2) is 18.8. The van der Waals surface area contributed by atoms with Gasteiger partial charge in [0.1, 0.15) is 6.54 Å². The third kappa shape index (κ3) is 11.7. The lowest BCUT2D eigenvalue weighted by molar-refractivity contribution is -0.196. The van der Waals surface area contributed by atoms with Crippen LogP contribution in [0.5, 0.6) is 0 Å². The zero-order chi connectivity index (χ0) is 37.8. The summed E-state index contributed by atoms with van der Waals surface area (Å²) < 4.78 is 0. The number of carbonyl (C=O) groups is 10. The fraction of sp³-hybridized carbons (Fsp3) is 0.586. The first kappa shape index (κ1) is 39.5. The lowest BCUT2D eigenvalue weighted by Gasteiger charge is -2.16. The van der Waals surface area contributed by atoms with Gasteiger partial charge >= 0.3 is 18.0 Å². The first-order chi connectivity index (χ1) is 24.8. The van der Waals surface area contributed by atoms with Gasteiger partial charge in [-0.2, -0.15) is 23.5 Å². The summed E-state index contributed by atoms with van der Waals surface area (Å²) in [6, 6.07) is -0.601. The van der Waals surface area contributed by atoms with Gasteiger partial charge in [-0.25, -0.2) is 14.4 Å². The van der Waals surface area contributed by atoms with E-state index in [0.717, 1.165) is 5.75 Å². The Hall–Kier alpha value is -5.24. The molecule has 0 aromatic heterocycles. The number of urea groups is 2. The van der Waals surface area contributed by atoms with Crippen LogP contribution in [0.4, 0.5) is 9.59 Å². The molecule has 6 unspecified atom stereocenters. The van der Waals surface area contributed by atoms with Gasteiger partial charge in [-0.1, -0.05) is 5.92 Å². The van der Waals surface area contributed by atoms with Gasteiger partial charge in [0, 0.05) is 47.7 Å². The van der Waals surface area contributed by atoms with Crippen molar-refractivity contribution < 1.29 is 52.8 Å². The predicted octanol–water partition coefficient (Wildman–Crippen LogP) is -5.09. The van der Waals surface area contributed by atoms with E-state index in [1.165, 1.54) is 0 Å². The molecular weight excluding hydrogens is 729 g/mol. The minimum Gasteiger partial charge on any atom is -0.347 e. The molecule has 0 aliphatic carbocycles. The lowest BCUT2D eigenvalue weighted by Crippen LogP contribution is -2.43. The molecule has 0 saturated carbocycles. The third-order valence-corrected chi connectivity index (χ3v) is 10.9. The standard InChI is InChI=1S/C15H19N5O7S.C14H19N5O4S/c21-9(3-8-14-7(6-28-8)18-15(26)19-14)16-4-10(22)17-5-13(25)27-20-11(23)1-2-12(20)24;1-2-3-15-11(21)5-17-12(22)6-16-10(20)4-9-13-8(7-24-9)18-14(23)19-13/h7-8,14H,1-6H2,(H,16,21)(H,17,22)(H2,18,19,26);1,8-9,13H,3-7H2,(H,15,21)(H,16,20)(H,17,22)(H2,18,19,23). The number of amides is 11. The smallest absolute Gasteiger partial charge is 0.347 e. The van der Waals surface area contributed by atoms with E-state index in [4.69, 9.17) is 6.42 Å². The van der Waals surface area contributed by atoms with Gasteiger partial charge in [0.05, 0.1) is 50.3 Å². The number of terminal acetylenes is 1. The van der Waals surface area contributed by atoms with Crippen LogP contribution in [0, 0.1) is 12.3 Å². The molecule has 23 heteroatoms. The van der Waals surface area contributed by atoms with Crippen molar-refractivity contribution >= 4 is 82.9 Å². The number of nitrogens with one attached hydrogen (secondary N) is 9. The zero-order valence-electron chi connectivity index (χ0n) is 27.6. The number of nitrogens with zero attached hydrogens (tertiary/aromatic N) is 1. The minimum atomic E-state index is -0.971. The molecular formula is C29H38N10O11S2. The number of hydrogen-bond acceptors (Lipinski definition) is 13. The summed E-state index contributed by atoms with van der Waals surface area (Å²) >= 11 is 3.18. The van der Waals surface area contributed by atoms with Crippen LogP contribution in [-0.2, 0) is 43.2 Å². The lowest BCUT2D eigenvalue weighted by atomic mass is 10.1. The summed E-state index contributed by atoms with van der Waals surface area (Å²) in [6.45, 7) is -1.21. The van der Waals surface area contributed by atoms with Gasteiger partial charge < -0.3 is 52.7 Å². The maximum Gasteiger partial charge on any atom is 0.352 e. The van der Waals surface area contributed by atoms with E-state index in [-0.39, 0.29) is 110 Å². The molecule has 5 rings (SSSR count). The van der Waals surface area contributed by atoms with Gasteiger partial charge in [0.2, 0.25) is 29.5 Å². The fourth-order valence-electron chi connectivity index (χ4n) is 5.48. The fourth-order valence-corrected chi connectivity index (χ4v) is 8.44. The molecule has 5 aliphatic rings. The van der Waals surface area contributed by atoms with Crippen LogP contribution in [0.2, 0.25) is 0 Å². The first-order valence-electron chi connectivity index (χ1n) is 16.0. The van der Waals surface area contributed by atoms with E-state index in [1.807, 2.05) is 0 Å². The molecule has 0 radical (unpaired) electrons. The van der Waals surface area contributed by atoms with E-state index in [0.29, 0.717) is 10.8 Å². The molecule has 0 aromatic carbocycles. The molecule has 282 valence electrons. The van der Waals surface area contributed by atoms with E-state index in [1.54, 1.807) is 23.5 Å². The van der Waals surface area contributed by atoms with Gasteiger partial charge in [-0.3, -0.25) is 33.6 Å². The van der Waals surface area contributed by atoms with E-state index in [9.17, 15) is 47.9 Å². The number of thioether (sulfide) groups is 2. The molecule has 6 atom stereocenters. The van der Waals surface area contributed by atoms with Crippen molar-refractivity contribution in [2.75, 3.05) is 44.2 Å². The Morgan fingerprint density at radius 3 is 1.54 bits per heavy atom. The Balaban J connectivity index is 0.000000236. The largest absolute Gasteiger partial charge is 0.352 e. The topological polar surface area (TPSA) is 291 Å². The SMILES string of the molecule is C#CCNC(=O)CNC(=O)CNC(=O)CC1SCC2NC(=O)NC21.O=C(CNC(=O)CC1SCC2NC(=O)NC21)NCC(=O)ON1C(=O)CCC1=O. The highest BCUT2D eigenvalue weighted by atomic mass is 32.2. The number of hydrogen-bond donors (Lipinski definition) is 9. The second-order valence-corrected chi connectivity index (χ2v) is 14.3. The van der Waals surface area contributed by atoms with Crippen LogP contribution in [-0.4, -0.2) is 143 Å². The summed E-state index contributed by atoms with van der Waals surface area (Å²) in [7, 11) is 0. The van der Waals surface area contributed by atoms with Crippen LogP contribution in [0.3, 0.4) is 0 Å². The van der Waals surface area contributed by atoms with Gasteiger partial charge in [-0.15, -0.1) is 11.5 Å². The van der Waals surface area contributed by atoms with E-state index in [2.05, 4.69) is 58.6 Å². The summed E-state index contributed by atoms with van der Waals surface area (Å²) in [4.78, 5) is 120. The Kier molecular flexibility index (Phi) is 14.3. The third-order valence-electron chi connectivity index (χ3n) is 8.00. The normalized spacial score (nSPS) is 25.0. The Morgan fingerprint density at radius 1 is 0.654 bits per heavy atom. The average molecular weight is 767 g/mol. The van der Waals surface area contributed by atoms with Crippen molar-refractivity contribution in [3.63, 3.8) is 0 Å². The molecule has 11 amide bonds.